The fourth-order valence-electron chi connectivity index (χ4n) is 1.90. The van der Waals surface area contributed by atoms with Crippen LogP contribution in [0.1, 0.15) is 0 Å². The molecule has 0 aliphatic rings. The van der Waals surface area contributed by atoms with Gasteiger partial charge in [-0.15, -0.1) is 0 Å². The van der Waals surface area contributed by atoms with Crippen molar-refractivity contribution in [2.75, 3.05) is 12.4 Å². The molecule has 7 heteroatoms. The standard InChI is InChI=1S/C14H10Br2N4O/c1-17-11-5-3-2-4-9(11)14-19-13(20-21-14)12-10(16)6-8(15)7-18-12/h2-7,17H,1H3. The molecule has 3 rings (SSSR count). The molecule has 0 aliphatic carbocycles. The quantitative estimate of drug-likeness (QED) is 0.695. The Balaban J connectivity index is 2.04. The van der Waals surface area contributed by atoms with Gasteiger partial charge in [0.2, 0.25) is 5.82 Å². The summed E-state index contributed by atoms with van der Waals surface area (Å²) in [4.78, 5) is 8.73. The van der Waals surface area contributed by atoms with E-state index in [-0.39, 0.29) is 0 Å². The molecule has 0 bridgehead atoms. The molecule has 1 aromatic carbocycles. The van der Waals surface area contributed by atoms with Gasteiger partial charge >= 0.3 is 0 Å². The highest BCUT2D eigenvalue weighted by Crippen LogP contribution is 2.30. The van der Waals surface area contributed by atoms with Gasteiger partial charge in [-0.1, -0.05) is 17.3 Å². The van der Waals surface area contributed by atoms with Crippen LogP contribution in [0.15, 0.2) is 50.0 Å². The number of nitrogens with one attached hydrogen (secondary N) is 1. The average molecular weight is 410 g/mol. The third-order valence-corrected chi connectivity index (χ3v) is 3.91. The molecule has 0 radical (unpaired) electrons. The van der Waals surface area contributed by atoms with Crippen LogP contribution in [-0.2, 0) is 0 Å². The Morgan fingerprint density at radius 3 is 2.76 bits per heavy atom. The number of hydrogen-bond donors (Lipinski definition) is 1. The van der Waals surface area contributed by atoms with E-state index >= 15 is 0 Å². The smallest absolute Gasteiger partial charge is 0.260 e. The number of rotatable bonds is 3. The normalized spacial score (nSPS) is 10.6. The van der Waals surface area contributed by atoms with E-state index in [1.54, 1.807) is 6.20 Å². The van der Waals surface area contributed by atoms with Crippen LogP contribution in [0.2, 0.25) is 0 Å². The maximum Gasteiger partial charge on any atom is 0.260 e. The van der Waals surface area contributed by atoms with Crippen LogP contribution in [0.5, 0.6) is 0 Å². The van der Waals surface area contributed by atoms with Gasteiger partial charge in [0, 0.05) is 27.9 Å². The van der Waals surface area contributed by atoms with Crippen LogP contribution in [0.25, 0.3) is 23.0 Å². The predicted octanol–water partition coefficient (Wildman–Crippen LogP) is 4.37. The molecule has 2 heterocycles. The van der Waals surface area contributed by atoms with Crippen molar-refractivity contribution in [3.63, 3.8) is 0 Å². The summed E-state index contributed by atoms with van der Waals surface area (Å²) >= 11 is 6.82. The highest BCUT2D eigenvalue weighted by atomic mass is 79.9. The first-order valence-electron chi connectivity index (χ1n) is 6.11. The van der Waals surface area contributed by atoms with E-state index in [9.17, 15) is 0 Å². The second kappa shape index (κ2) is 5.95. The molecule has 0 spiro atoms. The number of hydrogen-bond acceptors (Lipinski definition) is 5. The van der Waals surface area contributed by atoms with Crippen molar-refractivity contribution in [2.24, 2.45) is 0 Å². The van der Waals surface area contributed by atoms with Crippen LogP contribution >= 0.6 is 31.9 Å². The van der Waals surface area contributed by atoms with Gasteiger partial charge in [0.1, 0.15) is 5.69 Å². The molecule has 0 amide bonds. The zero-order valence-electron chi connectivity index (χ0n) is 11.0. The molecule has 106 valence electrons. The van der Waals surface area contributed by atoms with Crippen molar-refractivity contribution in [1.82, 2.24) is 15.1 Å². The second-order valence-corrected chi connectivity index (χ2v) is 5.97. The van der Waals surface area contributed by atoms with Crippen LogP contribution in [-0.4, -0.2) is 22.2 Å². The number of anilines is 1. The number of nitrogens with zero attached hydrogens (tertiary/aromatic N) is 3. The number of para-hydroxylation sites is 1. The van der Waals surface area contributed by atoms with Crippen LogP contribution in [0, 0.1) is 0 Å². The molecule has 21 heavy (non-hydrogen) atoms. The monoisotopic (exact) mass is 408 g/mol. The lowest BCUT2D eigenvalue weighted by Crippen LogP contribution is -1.92. The van der Waals surface area contributed by atoms with Crippen LogP contribution < -0.4 is 5.32 Å². The molecule has 5 nitrogen and oxygen atoms in total. The highest BCUT2D eigenvalue weighted by Gasteiger charge is 2.16. The number of halogens is 2. The third-order valence-electron chi connectivity index (χ3n) is 2.87. The Morgan fingerprint density at radius 1 is 1.19 bits per heavy atom. The highest BCUT2D eigenvalue weighted by molar-refractivity contribution is 9.11. The molecule has 0 unspecified atom stereocenters. The average Bonchev–Trinajstić information content (AvgIpc) is 2.96. The van der Waals surface area contributed by atoms with Gasteiger partial charge in [-0.05, 0) is 50.1 Å². The zero-order valence-corrected chi connectivity index (χ0v) is 14.1. The summed E-state index contributed by atoms with van der Waals surface area (Å²) in [5, 5.41) is 7.11. The first kappa shape index (κ1) is 14.2. The van der Waals surface area contributed by atoms with Gasteiger partial charge in [-0.3, -0.25) is 4.98 Å². The largest absolute Gasteiger partial charge is 0.387 e. The summed E-state index contributed by atoms with van der Waals surface area (Å²) < 4.78 is 7.03. The Morgan fingerprint density at radius 2 is 2.00 bits per heavy atom. The maximum absolute atomic E-state index is 5.36. The number of benzene rings is 1. The first-order chi connectivity index (χ1) is 10.2. The van der Waals surface area contributed by atoms with Crippen molar-refractivity contribution in [2.45, 2.75) is 0 Å². The lowest BCUT2D eigenvalue weighted by atomic mass is 10.2. The lowest BCUT2D eigenvalue weighted by molar-refractivity contribution is 0.432. The summed E-state index contributed by atoms with van der Waals surface area (Å²) in [6.45, 7) is 0. The van der Waals surface area contributed by atoms with Gasteiger partial charge < -0.3 is 9.84 Å². The third kappa shape index (κ3) is 2.84. The summed E-state index contributed by atoms with van der Waals surface area (Å²) in [6.07, 6.45) is 1.69. The van der Waals surface area contributed by atoms with Crippen molar-refractivity contribution in [3.8, 4) is 23.0 Å². The Kier molecular flexibility index (Phi) is 4.03. The molecule has 0 fully saturated rings. The SMILES string of the molecule is CNc1ccccc1-c1nc(-c2ncc(Br)cc2Br)no1. The van der Waals surface area contributed by atoms with Crippen LogP contribution in [0.4, 0.5) is 5.69 Å². The van der Waals surface area contributed by atoms with Crippen molar-refractivity contribution in [3.05, 3.63) is 45.5 Å². The molecule has 0 atom stereocenters. The van der Waals surface area contributed by atoms with Crippen molar-refractivity contribution >= 4 is 37.5 Å². The van der Waals surface area contributed by atoms with Crippen molar-refractivity contribution < 1.29 is 4.52 Å². The van der Waals surface area contributed by atoms with Gasteiger partial charge in [0.25, 0.3) is 5.89 Å². The molecule has 0 saturated carbocycles. The Bertz CT molecular complexity index is 788. The topological polar surface area (TPSA) is 63.8 Å². The van der Waals surface area contributed by atoms with Gasteiger partial charge in [0.05, 0.1) is 5.56 Å². The van der Waals surface area contributed by atoms with Gasteiger partial charge in [-0.25, -0.2) is 0 Å². The minimum atomic E-state index is 0.440. The van der Waals surface area contributed by atoms with Crippen LogP contribution in [0.3, 0.4) is 0 Å². The zero-order chi connectivity index (χ0) is 14.8. The van der Waals surface area contributed by atoms with E-state index in [0.717, 1.165) is 20.2 Å². The number of aromatic nitrogens is 3. The van der Waals surface area contributed by atoms with E-state index in [4.69, 9.17) is 4.52 Å². The minimum Gasteiger partial charge on any atom is -0.387 e. The molecule has 1 N–H and O–H groups in total. The lowest BCUT2D eigenvalue weighted by Gasteiger charge is -2.03. The minimum absolute atomic E-state index is 0.440. The van der Waals surface area contributed by atoms with E-state index in [1.165, 1.54) is 0 Å². The Labute approximate surface area is 138 Å². The van der Waals surface area contributed by atoms with E-state index < -0.39 is 0 Å². The predicted molar refractivity (Wildman–Crippen MR) is 87.9 cm³/mol. The first-order valence-corrected chi connectivity index (χ1v) is 7.70. The molecular formula is C14H10Br2N4O. The second-order valence-electron chi connectivity index (χ2n) is 4.20. The number of pyridine rings is 1. The summed E-state index contributed by atoms with van der Waals surface area (Å²) in [6, 6.07) is 9.63. The maximum atomic E-state index is 5.36. The molecule has 0 saturated heterocycles. The molecule has 0 aliphatic heterocycles. The van der Waals surface area contributed by atoms with E-state index in [1.807, 2.05) is 37.4 Å². The van der Waals surface area contributed by atoms with E-state index in [2.05, 4.69) is 52.3 Å². The summed E-state index contributed by atoms with van der Waals surface area (Å²) in [5.74, 6) is 0.891. The fraction of sp³-hybridized carbons (Fsp3) is 0.0714. The van der Waals surface area contributed by atoms with Gasteiger partial charge in [-0.2, -0.15) is 4.98 Å². The molecular weight excluding hydrogens is 400 g/mol. The summed E-state index contributed by atoms with van der Waals surface area (Å²) in [7, 11) is 1.85. The fourth-order valence-corrected chi connectivity index (χ4v) is 3.06. The van der Waals surface area contributed by atoms with Crippen molar-refractivity contribution in [1.29, 1.82) is 0 Å². The summed E-state index contributed by atoms with van der Waals surface area (Å²) in [5.41, 5.74) is 2.41. The molecule has 3 aromatic rings. The van der Waals surface area contributed by atoms with E-state index in [0.29, 0.717) is 17.4 Å². The molecule has 2 aromatic heterocycles. The van der Waals surface area contributed by atoms with Gasteiger partial charge in [0.15, 0.2) is 0 Å². The Hall–Kier alpha value is -1.73.